The lowest BCUT2D eigenvalue weighted by atomic mass is 9.95. The van der Waals surface area contributed by atoms with Crippen LogP contribution in [0.5, 0.6) is 0 Å². The average Bonchev–Trinajstić information content (AvgIpc) is 2.86. The van der Waals surface area contributed by atoms with Gasteiger partial charge in [-0.1, -0.05) is 26.7 Å². The van der Waals surface area contributed by atoms with Gasteiger partial charge in [-0.2, -0.15) is 0 Å². The van der Waals surface area contributed by atoms with Crippen molar-refractivity contribution in [3.8, 4) is 0 Å². The Hall–Kier alpha value is -0.120. The molecular weight excluding hydrogens is 236 g/mol. The molecule has 0 radical (unpaired) electrons. The van der Waals surface area contributed by atoms with E-state index >= 15 is 0 Å². The zero-order valence-electron chi connectivity index (χ0n) is 12.9. The molecule has 3 heteroatoms. The third kappa shape index (κ3) is 4.44. The van der Waals surface area contributed by atoms with Gasteiger partial charge in [0, 0.05) is 24.5 Å². The number of rotatable bonds is 7. The van der Waals surface area contributed by atoms with Crippen molar-refractivity contribution in [3.63, 3.8) is 0 Å². The number of hydrogen-bond donors (Lipinski definition) is 1. The lowest BCUT2D eigenvalue weighted by Crippen LogP contribution is -2.47. The minimum absolute atomic E-state index is 0.587. The molecule has 2 aliphatic rings. The van der Waals surface area contributed by atoms with Crippen LogP contribution in [-0.4, -0.2) is 49.8 Å². The molecule has 2 heterocycles. The molecule has 0 aromatic heterocycles. The van der Waals surface area contributed by atoms with E-state index in [1.165, 1.54) is 51.6 Å². The Bertz CT molecular complexity index is 245. The molecule has 2 saturated heterocycles. The number of piperidine rings is 1. The van der Waals surface area contributed by atoms with E-state index in [4.69, 9.17) is 4.74 Å². The van der Waals surface area contributed by atoms with Gasteiger partial charge in [0.1, 0.15) is 0 Å². The van der Waals surface area contributed by atoms with Gasteiger partial charge in [0.05, 0.1) is 13.2 Å². The summed E-state index contributed by atoms with van der Waals surface area (Å²) in [4.78, 5) is 2.76. The van der Waals surface area contributed by atoms with Gasteiger partial charge in [0.2, 0.25) is 0 Å². The van der Waals surface area contributed by atoms with Crippen LogP contribution in [0.25, 0.3) is 0 Å². The maximum absolute atomic E-state index is 5.71. The van der Waals surface area contributed by atoms with Crippen molar-refractivity contribution in [2.24, 2.45) is 5.92 Å². The lowest BCUT2D eigenvalue weighted by molar-refractivity contribution is 0.106. The second-order valence-electron chi connectivity index (χ2n) is 6.29. The van der Waals surface area contributed by atoms with E-state index in [2.05, 4.69) is 24.1 Å². The molecule has 0 bridgehead atoms. The minimum atomic E-state index is 0.587. The molecule has 0 amide bonds. The molecule has 0 saturated carbocycles. The lowest BCUT2D eigenvalue weighted by Gasteiger charge is -2.38. The second-order valence-corrected chi connectivity index (χ2v) is 6.29. The molecular formula is C16H32N2O. The van der Waals surface area contributed by atoms with Crippen LogP contribution in [0.1, 0.15) is 52.4 Å². The molecule has 2 rings (SSSR count). The van der Waals surface area contributed by atoms with Crippen LogP contribution in [0.15, 0.2) is 0 Å². The van der Waals surface area contributed by atoms with Gasteiger partial charge in [-0.25, -0.2) is 0 Å². The van der Waals surface area contributed by atoms with Gasteiger partial charge in [-0.05, 0) is 38.8 Å². The van der Waals surface area contributed by atoms with E-state index in [1.807, 2.05) is 0 Å². The molecule has 2 aliphatic heterocycles. The standard InChI is InChI=1S/C16H32N2O/c1-3-7-15-8-5-6-10-18(15)11-14-12-19-13-16(14)17-9-4-2/h14-17H,3-13H2,1-2H3. The average molecular weight is 268 g/mol. The molecule has 19 heavy (non-hydrogen) atoms. The summed E-state index contributed by atoms with van der Waals surface area (Å²) in [5, 5.41) is 3.67. The summed E-state index contributed by atoms with van der Waals surface area (Å²) >= 11 is 0. The van der Waals surface area contributed by atoms with Crippen molar-refractivity contribution >= 4 is 0 Å². The van der Waals surface area contributed by atoms with E-state index in [0.717, 1.165) is 25.8 Å². The van der Waals surface area contributed by atoms with Crippen LogP contribution >= 0.6 is 0 Å². The number of nitrogens with zero attached hydrogens (tertiary/aromatic N) is 1. The van der Waals surface area contributed by atoms with Gasteiger partial charge in [0.25, 0.3) is 0 Å². The van der Waals surface area contributed by atoms with Crippen LogP contribution in [0.2, 0.25) is 0 Å². The maximum atomic E-state index is 5.71. The van der Waals surface area contributed by atoms with E-state index in [-0.39, 0.29) is 0 Å². The molecule has 1 N–H and O–H groups in total. The van der Waals surface area contributed by atoms with Crippen molar-refractivity contribution in [3.05, 3.63) is 0 Å². The summed E-state index contributed by atoms with van der Waals surface area (Å²) in [5.74, 6) is 0.698. The van der Waals surface area contributed by atoms with E-state index in [9.17, 15) is 0 Å². The van der Waals surface area contributed by atoms with Crippen LogP contribution < -0.4 is 5.32 Å². The molecule has 0 spiro atoms. The SMILES string of the molecule is CCCNC1COCC1CN1CCCCC1CCC. The second kappa shape index (κ2) is 8.23. The number of hydrogen-bond acceptors (Lipinski definition) is 3. The summed E-state index contributed by atoms with van der Waals surface area (Å²) in [5.41, 5.74) is 0. The molecule has 0 aromatic rings. The predicted octanol–water partition coefficient (Wildman–Crippen LogP) is 2.66. The molecule has 3 atom stereocenters. The summed E-state index contributed by atoms with van der Waals surface area (Å²) in [7, 11) is 0. The first-order valence-electron chi connectivity index (χ1n) is 8.40. The van der Waals surface area contributed by atoms with Crippen LogP contribution in [0.3, 0.4) is 0 Å². The normalized spacial score (nSPS) is 32.8. The maximum Gasteiger partial charge on any atom is 0.0623 e. The van der Waals surface area contributed by atoms with Gasteiger partial charge in [-0.15, -0.1) is 0 Å². The monoisotopic (exact) mass is 268 g/mol. The third-order valence-corrected chi connectivity index (χ3v) is 4.69. The molecule has 3 nitrogen and oxygen atoms in total. The zero-order valence-corrected chi connectivity index (χ0v) is 12.9. The Labute approximate surface area is 119 Å². The highest BCUT2D eigenvalue weighted by atomic mass is 16.5. The molecule has 0 aliphatic carbocycles. The quantitative estimate of drug-likeness (QED) is 0.768. The summed E-state index contributed by atoms with van der Waals surface area (Å²) < 4.78 is 5.71. The van der Waals surface area contributed by atoms with Gasteiger partial charge in [0.15, 0.2) is 0 Å². The Morgan fingerprint density at radius 1 is 1.16 bits per heavy atom. The van der Waals surface area contributed by atoms with Crippen molar-refractivity contribution in [2.75, 3.05) is 32.8 Å². The zero-order chi connectivity index (χ0) is 13.5. The Balaban J connectivity index is 1.83. The van der Waals surface area contributed by atoms with Crippen molar-refractivity contribution in [2.45, 2.75) is 64.5 Å². The molecule has 112 valence electrons. The summed E-state index contributed by atoms with van der Waals surface area (Å²) in [6, 6.07) is 1.43. The first-order valence-corrected chi connectivity index (χ1v) is 8.40. The topological polar surface area (TPSA) is 24.5 Å². The van der Waals surface area contributed by atoms with Crippen LogP contribution in [0, 0.1) is 5.92 Å². The Morgan fingerprint density at radius 3 is 2.84 bits per heavy atom. The molecule has 0 aromatic carbocycles. The minimum Gasteiger partial charge on any atom is -0.379 e. The van der Waals surface area contributed by atoms with Crippen LogP contribution in [0.4, 0.5) is 0 Å². The Morgan fingerprint density at radius 2 is 2.05 bits per heavy atom. The first kappa shape index (κ1) is 15.3. The fraction of sp³-hybridized carbons (Fsp3) is 1.00. The highest BCUT2D eigenvalue weighted by Gasteiger charge is 2.32. The van der Waals surface area contributed by atoms with Gasteiger partial charge < -0.3 is 10.1 Å². The largest absolute Gasteiger partial charge is 0.379 e. The van der Waals surface area contributed by atoms with Crippen LogP contribution in [-0.2, 0) is 4.74 Å². The van der Waals surface area contributed by atoms with E-state index < -0.39 is 0 Å². The first-order chi connectivity index (χ1) is 9.35. The highest BCUT2D eigenvalue weighted by Crippen LogP contribution is 2.24. The molecule has 3 unspecified atom stereocenters. The third-order valence-electron chi connectivity index (χ3n) is 4.69. The summed E-state index contributed by atoms with van der Waals surface area (Å²) in [6.45, 7) is 10.1. The number of ether oxygens (including phenoxy) is 1. The van der Waals surface area contributed by atoms with Crippen molar-refractivity contribution in [1.82, 2.24) is 10.2 Å². The molecule has 2 fully saturated rings. The number of likely N-dealkylation sites (tertiary alicyclic amines) is 1. The smallest absolute Gasteiger partial charge is 0.0623 e. The van der Waals surface area contributed by atoms with Crippen molar-refractivity contribution in [1.29, 1.82) is 0 Å². The van der Waals surface area contributed by atoms with Gasteiger partial charge >= 0.3 is 0 Å². The van der Waals surface area contributed by atoms with Gasteiger partial charge in [-0.3, -0.25) is 4.90 Å². The fourth-order valence-corrected chi connectivity index (χ4v) is 3.60. The fourth-order valence-electron chi connectivity index (χ4n) is 3.60. The summed E-state index contributed by atoms with van der Waals surface area (Å²) in [6.07, 6.45) is 8.14. The van der Waals surface area contributed by atoms with E-state index in [0.29, 0.717) is 12.0 Å². The highest BCUT2D eigenvalue weighted by molar-refractivity contribution is 4.86. The van der Waals surface area contributed by atoms with E-state index in [1.54, 1.807) is 0 Å². The Kier molecular flexibility index (Phi) is 6.62. The van der Waals surface area contributed by atoms with Crippen molar-refractivity contribution < 1.29 is 4.74 Å². The predicted molar refractivity (Wildman–Crippen MR) is 80.5 cm³/mol. The number of nitrogens with one attached hydrogen (secondary N) is 1.